The second kappa shape index (κ2) is 4.47. The number of amides is 1. The van der Waals surface area contributed by atoms with Crippen LogP contribution < -0.4 is 5.32 Å². The Hall–Kier alpha value is -1.39. The molecule has 17 heavy (non-hydrogen) atoms. The molecule has 5 nitrogen and oxygen atoms in total. The molecule has 0 saturated heterocycles. The number of nitrogens with zero attached hydrogens (tertiary/aromatic N) is 3. The lowest BCUT2D eigenvalue weighted by molar-refractivity contribution is -0.125. The Labute approximate surface area is 102 Å². The molecule has 0 bridgehead atoms. The number of hydrogen-bond donors (Lipinski definition) is 1. The van der Waals surface area contributed by atoms with Gasteiger partial charge < -0.3 is 5.32 Å². The van der Waals surface area contributed by atoms with Crippen molar-refractivity contribution in [2.45, 2.75) is 52.1 Å². The first-order chi connectivity index (χ1) is 8.07. The van der Waals surface area contributed by atoms with E-state index in [0.717, 1.165) is 31.5 Å². The summed E-state index contributed by atoms with van der Waals surface area (Å²) in [6, 6.07) is 0. The lowest BCUT2D eigenvalue weighted by Crippen LogP contribution is -2.37. The first kappa shape index (κ1) is 12.1. The predicted octanol–water partition coefficient (Wildman–Crippen LogP) is 1.45. The molecular formula is C12H20N4O. The molecule has 1 fully saturated rings. The normalized spacial score (nSPS) is 17.2. The predicted molar refractivity (Wildman–Crippen MR) is 64.2 cm³/mol. The Kier molecular flexibility index (Phi) is 3.17. The third-order valence-electron chi connectivity index (χ3n) is 3.12. The molecule has 94 valence electrons. The van der Waals surface area contributed by atoms with E-state index in [1.165, 1.54) is 0 Å². The third-order valence-corrected chi connectivity index (χ3v) is 3.12. The highest BCUT2D eigenvalue weighted by molar-refractivity contribution is 5.79. The van der Waals surface area contributed by atoms with Crippen LogP contribution in [0.1, 0.15) is 45.7 Å². The van der Waals surface area contributed by atoms with Gasteiger partial charge in [-0.2, -0.15) is 0 Å². The Morgan fingerprint density at radius 3 is 2.82 bits per heavy atom. The van der Waals surface area contributed by atoms with Gasteiger partial charge in [0.2, 0.25) is 5.91 Å². The average Bonchev–Trinajstić information content (AvgIpc) is 2.89. The standard InChI is InChI=1S/C12H20N4O/c1-4-7-16-8-10(14-15-16)12(5-6-12)13-11(17)9(2)3/h8-9H,4-7H2,1-3H3,(H,13,17). The van der Waals surface area contributed by atoms with Crippen molar-refractivity contribution in [2.75, 3.05) is 0 Å². The molecule has 1 aromatic heterocycles. The van der Waals surface area contributed by atoms with E-state index in [9.17, 15) is 4.79 Å². The molecule has 0 unspecified atom stereocenters. The van der Waals surface area contributed by atoms with Gasteiger partial charge >= 0.3 is 0 Å². The van der Waals surface area contributed by atoms with E-state index in [1.54, 1.807) is 0 Å². The first-order valence-corrected chi connectivity index (χ1v) is 6.30. The van der Waals surface area contributed by atoms with E-state index in [-0.39, 0.29) is 17.4 Å². The van der Waals surface area contributed by atoms with Crippen molar-refractivity contribution >= 4 is 5.91 Å². The van der Waals surface area contributed by atoms with Crippen LogP contribution in [0.4, 0.5) is 0 Å². The number of carbonyl (C=O) groups is 1. The topological polar surface area (TPSA) is 59.8 Å². The summed E-state index contributed by atoms with van der Waals surface area (Å²) < 4.78 is 1.84. The van der Waals surface area contributed by atoms with Gasteiger partial charge in [-0.15, -0.1) is 5.10 Å². The van der Waals surface area contributed by atoms with Crippen LogP contribution in [-0.2, 0) is 16.9 Å². The zero-order chi connectivity index (χ0) is 12.5. The molecule has 1 aliphatic carbocycles. The summed E-state index contributed by atoms with van der Waals surface area (Å²) >= 11 is 0. The Morgan fingerprint density at radius 1 is 1.59 bits per heavy atom. The molecule has 2 rings (SSSR count). The van der Waals surface area contributed by atoms with Crippen LogP contribution in [0.25, 0.3) is 0 Å². The average molecular weight is 236 g/mol. The van der Waals surface area contributed by atoms with E-state index >= 15 is 0 Å². The van der Waals surface area contributed by atoms with Crippen molar-refractivity contribution in [2.24, 2.45) is 5.92 Å². The number of nitrogens with one attached hydrogen (secondary N) is 1. The minimum Gasteiger partial charge on any atom is -0.345 e. The molecule has 0 aliphatic heterocycles. The lowest BCUT2D eigenvalue weighted by atomic mass is 10.1. The minimum absolute atomic E-state index is 0.0122. The Balaban J connectivity index is 2.07. The second-order valence-corrected chi connectivity index (χ2v) is 5.09. The summed E-state index contributed by atoms with van der Waals surface area (Å²) in [5, 5.41) is 11.3. The van der Waals surface area contributed by atoms with Gasteiger partial charge in [-0.1, -0.05) is 26.0 Å². The number of aromatic nitrogens is 3. The van der Waals surface area contributed by atoms with Gasteiger partial charge in [0.1, 0.15) is 5.69 Å². The van der Waals surface area contributed by atoms with Crippen LogP contribution in [0.15, 0.2) is 6.20 Å². The Morgan fingerprint density at radius 2 is 2.29 bits per heavy atom. The van der Waals surface area contributed by atoms with Crippen LogP contribution in [0.3, 0.4) is 0 Å². The fourth-order valence-electron chi connectivity index (χ4n) is 1.81. The summed E-state index contributed by atoms with van der Waals surface area (Å²) in [7, 11) is 0. The SMILES string of the molecule is CCCn1cc(C2(NC(=O)C(C)C)CC2)nn1. The maximum absolute atomic E-state index is 11.7. The molecule has 0 atom stereocenters. The fraction of sp³-hybridized carbons (Fsp3) is 0.750. The van der Waals surface area contributed by atoms with Gasteiger partial charge in [-0.25, -0.2) is 0 Å². The zero-order valence-electron chi connectivity index (χ0n) is 10.7. The van der Waals surface area contributed by atoms with Crippen molar-refractivity contribution in [1.82, 2.24) is 20.3 Å². The van der Waals surface area contributed by atoms with Crippen LogP contribution in [-0.4, -0.2) is 20.9 Å². The zero-order valence-corrected chi connectivity index (χ0v) is 10.7. The van der Waals surface area contributed by atoms with Crippen molar-refractivity contribution in [3.05, 3.63) is 11.9 Å². The molecule has 0 aromatic carbocycles. The third kappa shape index (κ3) is 2.48. The van der Waals surface area contributed by atoms with Gasteiger partial charge in [0, 0.05) is 12.5 Å². The van der Waals surface area contributed by atoms with Gasteiger partial charge in [0.25, 0.3) is 0 Å². The van der Waals surface area contributed by atoms with Crippen molar-refractivity contribution in [3.8, 4) is 0 Å². The van der Waals surface area contributed by atoms with E-state index in [1.807, 2.05) is 24.7 Å². The van der Waals surface area contributed by atoms with E-state index < -0.39 is 0 Å². The van der Waals surface area contributed by atoms with Gasteiger partial charge in [0.15, 0.2) is 0 Å². The van der Waals surface area contributed by atoms with Crippen molar-refractivity contribution in [3.63, 3.8) is 0 Å². The monoisotopic (exact) mass is 236 g/mol. The first-order valence-electron chi connectivity index (χ1n) is 6.30. The lowest BCUT2D eigenvalue weighted by Gasteiger charge is -2.16. The van der Waals surface area contributed by atoms with E-state index in [4.69, 9.17) is 0 Å². The molecule has 0 radical (unpaired) electrons. The van der Waals surface area contributed by atoms with E-state index in [0.29, 0.717) is 0 Å². The number of rotatable bonds is 5. The summed E-state index contributed by atoms with van der Waals surface area (Å²) in [5.41, 5.74) is 0.674. The van der Waals surface area contributed by atoms with Gasteiger partial charge in [-0.3, -0.25) is 9.48 Å². The second-order valence-electron chi connectivity index (χ2n) is 5.09. The molecule has 1 aliphatic rings. The maximum atomic E-state index is 11.7. The minimum atomic E-state index is -0.229. The quantitative estimate of drug-likeness (QED) is 0.841. The van der Waals surface area contributed by atoms with E-state index in [2.05, 4.69) is 22.6 Å². The molecule has 5 heteroatoms. The molecular weight excluding hydrogens is 216 g/mol. The van der Waals surface area contributed by atoms with Crippen LogP contribution in [0.2, 0.25) is 0 Å². The van der Waals surface area contributed by atoms with Crippen molar-refractivity contribution in [1.29, 1.82) is 0 Å². The summed E-state index contributed by atoms with van der Waals surface area (Å²) in [4.78, 5) is 11.7. The summed E-state index contributed by atoms with van der Waals surface area (Å²) in [6.07, 6.45) is 4.93. The van der Waals surface area contributed by atoms with Crippen LogP contribution in [0, 0.1) is 5.92 Å². The molecule has 1 aromatic rings. The maximum Gasteiger partial charge on any atom is 0.223 e. The smallest absolute Gasteiger partial charge is 0.223 e. The molecule has 1 N–H and O–H groups in total. The highest BCUT2D eigenvalue weighted by Gasteiger charge is 2.48. The molecule has 1 heterocycles. The molecule has 1 saturated carbocycles. The summed E-state index contributed by atoms with van der Waals surface area (Å²) in [5.74, 6) is 0.103. The van der Waals surface area contributed by atoms with Gasteiger partial charge in [-0.05, 0) is 19.3 Å². The number of carbonyl (C=O) groups excluding carboxylic acids is 1. The highest BCUT2D eigenvalue weighted by Crippen LogP contribution is 2.44. The molecule has 0 spiro atoms. The largest absolute Gasteiger partial charge is 0.345 e. The van der Waals surface area contributed by atoms with Crippen LogP contribution in [0.5, 0.6) is 0 Å². The summed E-state index contributed by atoms with van der Waals surface area (Å²) in [6.45, 7) is 6.79. The number of aryl methyl sites for hydroxylation is 1. The Bertz CT molecular complexity index is 406. The number of hydrogen-bond acceptors (Lipinski definition) is 3. The highest BCUT2D eigenvalue weighted by atomic mass is 16.2. The van der Waals surface area contributed by atoms with Crippen LogP contribution >= 0.6 is 0 Å². The van der Waals surface area contributed by atoms with Crippen molar-refractivity contribution < 1.29 is 4.79 Å². The van der Waals surface area contributed by atoms with Gasteiger partial charge in [0.05, 0.1) is 11.7 Å². The molecule has 1 amide bonds. The fourth-order valence-corrected chi connectivity index (χ4v) is 1.81.